The maximum Gasteiger partial charge on any atom is 0.0792 e. The molecule has 2 unspecified atom stereocenters. The fraction of sp³-hybridized carbons (Fsp3) is 0.714. The molecule has 0 fully saturated rings. The zero-order valence-electron chi connectivity index (χ0n) is 11.6. The molecule has 3 heteroatoms. The van der Waals surface area contributed by atoms with Gasteiger partial charge in [0.15, 0.2) is 0 Å². The molecule has 1 rings (SSSR count). The molecule has 0 amide bonds. The second kappa shape index (κ2) is 7.14. The molecule has 2 atom stereocenters. The summed E-state index contributed by atoms with van der Waals surface area (Å²) < 4.78 is 5.92. The maximum absolute atomic E-state index is 5.92. The second-order valence-corrected chi connectivity index (χ2v) is 5.81. The van der Waals surface area contributed by atoms with E-state index in [2.05, 4.69) is 51.4 Å². The van der Waals surface area contributed by atoms with Crippen molar-refractivity contribution in [2.45, 2.75) is 46.8 Å². The zero-order chi connectivity index (χ0) is 12.8. The lowest BCUT2D eigenvalue weighted by atomic mass is 9.95. The second-order valence-electron chi connectivity index (χ2n) is 4.69. The van der Waals surface area contributed by atoms with Gasteiger partial charge in [-0.25, -0.2) is 0 Å². The van der Waals surface area contributed by atoms with Crippen molar-refractivity contribution in [1.29, 1.82) is 0 Å². The third kappa shape index (κ3) is 4.09. The van der Waals surface area contributed by atoms with Gasteiger partial charge in [0.1, 0.15) is 0 Å². The lowest BCUT2D eigenvalue weighted by Gasteiger charge is -2.30. The first-order chi connectivity index (χ1) is 8.10. The average Bonchev–Trinajstić information content (AvgIpc) is 2.69. The number of likely N-dealkylation sites (N-methyl/N-ethyl adjacent to an activating group) is 1. The smallest absolute Gasteiger partial charge is 0.0792 e. The fourth-order valence-electron chi connectivity index (χ4n) is 2.14. The van der Waals surface area contributed by atoms with Crippen molar-refractivity contribution in [3.05, 3.63) is 21.9 Å². The minimum absolute atomic E-state index is 0.244. The number of aryl methyl sites for hydroxylation is 1. The molecule has 1 heterocycles. The van der Waals surface area contributed by atoms with E-state index in [4.69, 9.17) is 4.74 Å². The molecule has 0 aromatic carbocycles. The Morgan fingerprint density at radius 3 is 2.47 bits per heavy atom. The molecule has 0 saturated heterocycles. The van der Waals surface area contributed by atoms with E-state index in [-0.39, 0.29) is 6.10 Å². The van der Waals surface area contributed by atoms with Crippen molar-refractivity contribution in [3.63, 3.8) is 0 Å². The molecule has 1 aromatic rings. The molecular formula is C14H25NOS. The Labute approximate surface area is 109 Å². The van der Waals surface area contributed by atoms with Crippen LogP contribution >= 0.6 is 11.3 Å². The van der Waals surface area contributed by atoms with Gasteiger partial charge in [-0.3, -0.25) is 0 Å². The first-order valence-electron chi connectivity index (χ1n) is 6.50. The Bertz CT molecular complexity index is 322. The van der Waals surface area contributed by atoms with Gasteiger partial charge < -0.3 is 10.1 Å². The zero-order valence-corrected chi connectivity index (χ0v) is 12.4. The van der Waals surface area contributed by atoms with Gasteiger partial charge in [-0.2, -0.15) is 0 Å². The summed E-state index contributed by atoms with van der Waals surface area (Å²) in [6, 6.07) is 2.58. The van der Waals surface area contributed by atoms with E-state index in [0.29, 0.717) is 12.0 Å². The Morgan fingerprint density at radius 1 is 1.35 bits per heavy atom. The maximum atomic E-state index is 5.92. The van der Waals surface area contributed by atoms with Gasteiger partial charge in [0.05, 0.1) is 12.1 Å². The first-order valence-corrected chi connectivity index (χ1v) is 7.38. The van der Waals surface area contributed by atoms with Crippen LogP contribution < -0.4 is 5.32 Å². The predicted molar refractivity (Wildman–Crippen MR) is 75.7 cm³/mol. The summed E-state index contributed by atoms with van der Waals surface area (Å²) in [5.41, 5.74) is 1.36. The van der Waals surface area contributed by atoms with Crippen LogP contribution in [0.4, 0.5) is 0 Å². The van der Waals surface area contributed by atoms with Crippen LogP contribution in [-0.2, 0) is 4.74 Å². The van der Waals surface area contributed by atoms with Crippen LogP contribution in [0.15, 0.2) is 11.4 Å². The van der Waals surface area contributed by atoms with Crippen molar-refractivity contribution in [1.82, 2.24) is 5.32 Å². The lowest BCUT2D eigenvalue weighted by molar-refractivity contribution is 0.00327. The fourth-order valence-corrected chi connectivity index (χ4v) is 2.88. The standard InChI is InChI=1S/C14H25NOS/c1-6-15-13(12-8-11(5)17-9-12)14(10(3)4)16-7-2/h8-10,13-15H,6-7H2,1-5H3. The highest BCUT2D eigenvalue weighted by Gasteiger charge is 2.26. The van der Waals surface area contributed by atoms with Crippen molar-refractivity contribution < 1.29 is 4.74 Å². The van der Waals surface area contributed by atoms with Crippen molar-refractivity contribution in [2.75, 3.05) is 13.2 Å². The topological polar surface area (TPSA) is 21.3 Å². The van der Waals surface area contributed by atoms with E-state index >= 15 is 0 Å². The molecule has 0 aliphatic carbocycles. The van der Waals surface area contributed by atoms with E-state index in [1.807, 2.05) is 11.3 Å². The van der Waals surface area contributed by atoms with Crippen molar-refractivity contribution >= 4 is 11.3 Å². The van der Waals surface area contributed by atoms with E-state index in [9.17, 15) is 0 Å². The Kier molecular flexibility index (Phi) is 6.17. The monoisotopic (exact) mass is 255 g/mol. The molecule has 0 saturated carbocycles. The van der Waals surface area contributed by atoms with E-state index in [0.717, 1.165) is 13.2 Å². The van der Waals surface area contributed by atoms with Crippen LogP contribution in [0.5, 0.6) is 0 Å². The van der Waals surface area contributed by atoms with Crippen LogP contribution in [0.1, 0.15) is 44.2 Å². The SMILES string of the molecule is CCNC(c1csc(C)c1)C(OCC)C(C)C. The Morgan fingerprint density at radius 2 is 2.06 bits per heavy atom. The molecular weight excluding hydrogens is 230 g/mol. The summed E-state index contributed by atoms with van der Waals surface area (Å²) in [5, 5.41) is 5.81. The molecule has 0 radical (unpaired) electrons. The number of ether oxygens (including phenoxy) is 1. The minimum atomic E-state index is 0.244. The van der Waals surface area contributed by atoms with E-state index < -0.39 is 0 Å². The van der Waals surface area contributed by atoms with Gasteiger partial charge >= 0.3 is 0 Å². The third-order valence-corrected chi connectivity index (χ3v) is 3.76. The summed E-state index contributed by atoms with van der Waals surface area (Å²) >= 11 is 1.81. The van der Waals surface area contributed by atoms with Crippen molar-refractivity contribution in [3.8, 4) is 0 Å². The number of hydrogen-bond donors (Lipinski definition) is 1. The van der Waals surface area contributed by atoms with E-state index in [1.54, 1.807) is 0 Å². The van der Waals surface area contributed by atoms with Gasteiger partial charge in [-0.05, 0) is 43.3 Å². The van der Waals surface area contributed by atoms with Crippen molar-refractivity contribution in [2.24, 2.45) is 5.92 Å². The molecule has 0 aliphatic heterocycles. The first kappa shape index (κ1) is 14.7. The van der Waals surface area contributed by atoms with Crippen LogP contribution in [0, 0.1) is 12.8 Å². The molecule has 0 aliphatic rings. The lowest BCUT2D eigenvalue weighted by Crippen LogP contribution is -2.37. The van der Waals surface area contributed by atoms with E-state index in [1.165, 1.54) is 10.4 Å². The third-order valence-electron chi connectivity index (χ3n) is 2.88. The molecule has 2 nitrogen and oxygen atoms in total. The molecule has 1 N–H and O–H groups in total. The predicted octanol–water partition coefficient (Wildman–Crippen LogP) is 3.77. The quantitative estimate of drug-likeness (QED) is 0.801. The molecule has 98 valence electrons. The number of rotatable bonds is 7. The van der Waals surface area contributed by atoms with Gasteiger partial charge in [0.2, 0.25) is 0 Å². The summed E-state index contributed by atoms with van der Waals surface area (Å²) in [6.07, 6.45) is 0.244. The molecule has 1 aromatic heterocycles. The highest BCUT2D eigenvalue weighted by molar-refractivity contribution is 7.10. The Hall–Kier alpha value is -0.380. The normalized spacial score (nSPS) is 15.2. The van der Waals surface area contributed by atoms with Gasteiger partial charge in [-0.15, -0.1) is 11.3 Å². The highest BCUT2D eigenvalue weighted by Crippen LogP contribution is 2.28. The number of thiophene rings is 1. The van der Waals surface area contributed by atoms with Crippen LogP contribution in [0.25, 0.3) is 0 Å². The largest absolute Gasteiger partial charge is 0.376 e. The summed E-state index contributed by atoms with van der Waals surface area (Å²) in [7, 11) is 0. The molecule has 0 spiro atoms. The van der Waals surface area contributed by atoms with Gasteiger partial charge in [-0.1, -0.05) is 20.8 Å². The highest BCUT2D eigenvalue weighted by atomic mass is 32.1. The van der Waals surface area contributed by atoms with Crippen LogP contribution in [0.3, 0.4) is 0 Å². The number of nitrogens with one attached hydrogen (secondary N) is 1. The summed E-state index contributed by atoms with van der Waals surface area (Å²) in [6.45, 7) is 12.6. The van der Waals surface area contributed by atoms with Crippen LogP contribution in [0.2, 0.25) is 0 Å². The van der Waals surface area contributed by atoms with Gasteiger partial charge in [0, 0.05) is 11.5 Å². The average molecular weight is 255 g/mol. The Balaban J connectivity index is 2.89. The summed E-state index contributed by atoms with van der Waals surface area (Å²) in [4.78, 5) is 1.36. The molecule has 17 heavy (non-hydrogen) atoms. The summed E-state index contributed by atoms with van der Waals surface area (Å²) in [5.74, 6) is 0.513. The van der Waals surface area contributed by atoms with Crippen LogP contribution in [-0.4, -0.2) is 19.3 Å². The van der Waals surface area contributed by atoms with Gasteiger partial charge in [0.25, 0.3) is 0 Å². The number of hydrogen-bond acceptors (Lipinski definition) is 3. The molecule has 0 bridgehead atoms. The minimum Gasteiger partial charge on any atom is -0.376 e.